The number of hydrogen-bond donors (Lipinski definition) is 0. The summed E-state index contributed by atoms with van der Waals surface area (Å²) in [6, 6.07) is 5.96. The van der Waals surface area contributed by atoms with Gasteiger partial charge in [0.1, 0.15) is 11.9 Å². The lowest BCUT2D eigenvalue weighted by molar-refractivity contribution is -0.137. The van der Waals surface area contributed by atoms with Crippen LogP contribution in [0, 0.1) is 17.1 Å². The molecule has 1 aromatic rings. The zero-order valence-electron chi connectivity index (χ0n) is 8.74. The lowest BCUT2D eigenvalue weighted by Gasteiger charge is -1.98. The number of nitriles is 1. The highest BCUT2D eigenvalue weighted by atomic mass is 19.1. The first-order valence-corrected chi connectivity index (χ1v) is 4.72. The average Bonchev–Trinajstić information content (AvgIpc) is 2.27. The molecule has 16 heavy (non-hydrogen) atoms. The minimum Gasteiger partial charge on any atom is -0.463 e. The Morgan fingerprint density at radius 2 is 2.38 bits per heavy atom. The molecule has 0 unspecified atom stereocenters. The maximum absolute atomic E-state index is 13.2. The quantitative estimate of drug-likeness (QED) is 0.578. The van der Waals surface area contributed by atoms with Crippen molar-refractivity contribution in [3.8, 4) is 6.07 Å². The third-order valence-electron chi connectivity index (χ3n) is 1.84. The molecule has 0 atom stereocenters. The Morgan fingerprint density at radius 1 is 1.62 bits per heavy atom. The Labute approximate surface area is 92.8 Å². The molecule has 1 aromatic carbocycles. The highest BCUT2D eigenvalue weighted by molar-refractivity contribution is 5.87. The van der Waals surface area contributed by atoms with Crippen molar-refractivity contribution in [2.45, 2.75) is 6.92 Å². The SMILES string of the molecule is CCOC(=O)C=Cc1cccc(F)c1C#N. The highest BCUT2D eigenvalue weighted by Gasteiger charge is 2.05. The van der Waals surface area contributed by atoms with Gasteiger partial charge in [-0.3, -0.25) is 0 Å². The maximum Gasteiger partial charge on any atom is 0.330 e. The third-order valence-corrected chi connectivity index (χ3v) is 1.84. The van der Waals surface area contributed by atoms with Crippen molar-refractivity contribution >= 4 is 12.0 Å². The lowest BCUT2D eigenvalue weighted by atomic mass is 10.1. The van der Waals surface area contributed by atoms with Crippen LogP contribution in [-0.4, -0.2) is 12.6 Å². The number of benzene rings is 1. The van der Waals surface area contributed by atoms with Crippen molar-refractivity contribution in [3.63, 3.8) is 0 Å². The first-order valence-electron chi connectivity index (χ1n) is 4.72. The molecule has 0 saturated carbocycles. The summed E-state index contributed by atoms with van der Waals surface area (Å²) in [4.78, 5) is 11.0. The normalized spacial score (nSPS) is 10.1. The second-order valence-corrected chi connectivity index (χ2v) is 2.90. The van der Waals surface area contributed by atoms with Crippen LogP contribution in [0.25, 0.3) is 6.08 Å². The first kappa shape index (κ1) is 11.9. The van der Waals surface area contributed by atoms with E-state index in [1.54, 1.807) is 19.1 Å². The van der Waals surface area contributed by atoms with Crippen LogP contribution < -0.4 is 0 Å². The third kappa shape index (κ3) is 2.92. The van der Waals surface area contributed by atoms with Crippen LogP contribution in [0.1, 0.15) is 18.1 Å². The summed E-state index contributed by atoms with van der Waals surface area (Å²) in [6.45, 7) is 1.96. The first-order chi connectivity index (χ1) is 7.69. The summed E-state index contributed by atoms with van der Waals surface area (Å²) in [5, 5.41) is 8.73. The van der Waals surface area contributed by atoms with Gasteiger partial charge in [0.2, 0.25) is 0 Å². The molecule has 1 rings (SSSR count). The van der Waals surface area contributed by atoms with Crippen LogP contribution in [0.15, 0.2) is 24.3 Å². The van der Waals surface area contributed by atoms with Crippen molar-refractivity contribution < 1.29 is 13.9 Å². The summed E-state index contributed by atoms with van der Waals surface area (Å²) in [5.41, 5.74) is 0.276. The molecule has 0 N–H and O–H groups in total. The van der Waals surface area contributed by atoms with Gasteiger partial charge in [-0.1, -0.05) is 12.1 Å². The molecular formula is C12H10FNO2. The molecular weight excluding hydrogens is 209 g/mol. The Bertz CT molecular complexity index is 461. The van der Waals surface area contributed by atoms with Crippen molar-refractivity contribution in [2.75, 3.05) is 6.61 Å². The largest absolute Gasteiger partial charge is 0.463 e. The fourth-order valence-corrected chi connectivity index (χ4v) is 1.15. The van der Waals surface area contributed by atoms with Crippen molar-refractivity contribution in [2.24, 2.45) is 0 Å². The van der Waals surface area contributed by atoms with Crippen LogP contribution in [0.4, 0.5) is 4.39 Å². The molecule has 0 amide bonds. The van der Waals surface area contributed by atoms with Crippen molar-refractivity contribution in [1.82, 2.24) is 0 Å². The predicted molar refractivity (Wildman–Crippen MR) is 56.8 cm³/mol. The molecule has 0 aliphatic heterocycles. The minimum absolute atomic E-state index is 0.0805. The summed E-state index contributed by atoms with van der Waals surface area (Å²) in [5.74, 6) is -1.12. The molecule has 0 fully saturated rings. The number of hydrogen-bond acceptors (Lipinski definition) is 3. The van der Waals surface area contributed by atoms with Gasteiger partial charge < -0.3 is 4.74 Å². The molecule has 0 radical (unpaired) electrons. The zero-order valence-corrected chi connectivity index (χ0v) is 8.74. The number of rotatable bonds is 3. The average molecular weight is 219 g/mol. The van der Waals surface area contributed by atoms with E-state index in [1.165, 1.54) is 24.3 Å². The van der Waals surface area contributed by atoms with Gasteiger partial charge in [0, 0.05) is 6.08 Å². The number of ether oxygens (including phenoxy) is 1. The van der Waals surface area contributed by atoms with Crippen molar-refractivity contribution in [3.05, 3.63) is 41.2 Å². The van der Waals surface area contributed by atoms with Crippen LogP contribution in [-0.2, 0) is 9.53 Å². The van der Waals surface area contributed by atoms with Gasteiger partial charge in [-0.15, -0.1) is 0 Å². The summed E-state index contributed by atoms with van der Waals surface area (Å²) in [6.07, 6.45) is 2.53. The minimum atomic E-state index is -0.603. The topological polar surface area (TPSA) is 50.1 Å². The summed E-state index contributed by atoms with van der Waals surface area (Å²) >= 11 is 0. The monoisotopic (exact) mass is 219 g/mol. The number of carbonyl (C=O) groups is 1. The molecule has 3 nitrogen and oxygen atoms in total. The van der Waals surface area contributed by atoms with Gasteiger partial charge in [0.05, 0.1) is 12.2 Å². The standard InChI is InChI=1S/C12H10FNO2/c1-2-16-12(15)7-6-9-4-3-5-11(13)10(9)8-14/h3-7H,2H2,1H3. The lowest BCUT2D eigenvalue weighted by Crippen LogP contribution is -1.99. The second kappa shape index (κ2) is 5.66. The second-order valence-electron chi connectivity index (χ2n) is 2.90. The molecule has 0 aliphatic carbocycles. The van der Waals surface area contributed by atoms with E-state index >= 15 is 0 Å². The predicted octanol–water partition coefficient (Wildman–Crippen LogP) is 2.27. The molecule has 0 aliphatic rings. The van der Waals surface area contributed by atoms with Gasteiger partial charge in [-0.25, -0.2) is 9.18 Å². The van der Waals surface area contributed by atoms with Crippen LogP contribution in [0.3, 0.4) is 0 Å². The molecule has 0 aromatic heterocycles. The van der Waals surface area contributed by atoms with E-state index in [-0.39, 0.29) is 12.2 Å². The van der Waals surface area contributed by atoms with E-state index in [4.69, 9.17) is 5.26 Å². The number of halogens is 1. The van der Waals surface area contributed by atoms with Gasteiger partial charge in [0.15, 0.2) is 0 Å². The number of carbonyl (C=O) groups excluding carboxylic acids is 1. The fourth-order valence-electron chi connectivity index (χ4n) is 1.15. The molecule has 0 bridgehead atoms. The Hall–Kier alpha value is -2.15. The van der Waals surface area contributed by atoms with E-state index in [1.807, 2.05) is 0 Å². The number of nitrogens with zero attached hydrogens (tertiary/aromatic N) is 1. The fraction of sp³-hybridized carbons (Fsp3) is 0.167. The maximum atomic E-state index is 13.2. The van der Waals surface area contributed by atoms with Gasteiger partial charge >= 0.3 is 5.97 Å². The number of esters is 1. The molecule has 4 heteroatoms. The Morgan fingerprint density at radius 3 is 3.00 bits per heavy atom. The van der Waals surface area contributed by atoms with Crippen LogP contribution in [0.2, 0.25) is 0 Å². The summed E-state index contributed by atoms with van der Waals surface area (Å²) in [7, 11) is 0. The van der Waals surface area contributed by atoms with Crippen LogP contribution >= 0.6 is 0 Å². The molecule has 0 heterocycles. The zero-order chi connectivity index (χ0) is 12.0. The van der Waals surface area contributed by atoms with E-state index in [0.717, 1.165) is 0 Å². The van der Waals surface area contributed by atoms with E-state index in [9.17, 15) is 9.18 Å². The van der Waals surface area contributed by atoms with Gasteiger partial charge in [-0.2, -0.15) is 5.26 Å². The van der Waals surface area contributed by atoms with Gasteiger partial charge in [0.25, 0.3) is 0 Å². The highest BCUT2D eigenvalue weighted by Crippen LogP contribution is 2.13. The Kier molecular flexibility index (Phi) is 4.22. The molecule has 0 saturated heterocycles. The molecule has 0 spiro atoms. The van der Waals surface area contributed by atoms with E-state index in [2.05, 4.69) is 4.74 Å². The van der Waals surface area contributed by atoms with Crippen molar-refractivity contribution in [1.29, 1.82) is 5.26 Å². The van der Waals surface area contributed by atoms with Crippen LogP contribution in [0.5, 0.6) is 0 Å². The molecule has 82 valence electrons. The Balaban J connectivity index is 2.94. The van der Waals surface area contributed by atoms with E-state index < -0.39 is 11.8 Å². The van der Waals surface area contributed by atoms with Gasteiger partial charge in [-0.05, 0) is 24.6 Å². The van der Waals surface area contributed by atoms with E-state index in [0.29, 0.717) is 5.56 Å². The summed E-state index contributed by atoms with van der Waals surface area (Å²) < 4.78 is 17.8. The smallest absolute Gasteiger partial charge is 0.330 e.